The number of carbonyl (C=O) groups excluding carboxylic acids is 1. The third-order valence-electron chi connectivity index (χ3n) is 3.44. The summed E-state index contributed by atoms with van der Waals surface area (Å²) in [5.41, 5.74) is 0.342. The highest BCUT2D eigenvalue weighted by molar-refractivity contribution is 5.94. The van der Waals surface area contributed by atoms with E-state index in [-0.39, 0.29) is 17.8 Å². The van der Waals surface area contributed by atoms with Crippen molar-refractivity contribution in [3.8, 4) is 0 Å². The Balaban J connectivity index is 2.00. The zero-order valence-electron chi connectivity index (χ0n) is 9.20. The highest BCUT2D eigenvalue weighted by atomic mass is 16.6. The van der Waals surface area contributed by atoms with Gasteiger partial charge in [-0.2, -0.15) is 4.68 Å². The monoisotopic (exact) mass is 236 g/mol. The summed E-state index contributed by atoms with van der Waals surface area (Å²) >= 11 is 0. The molecule has 0 radical (unpaired) electrons. The molecule has 0 aliphatic carbocycles. The highest BCUT2D eigenvalue weighted by Crippen LogP contribution is 2.27. The van der Waals surface area contributed by atoms with Crippen molar-refractivity contribution in [2.45, 2.75) is 31.8 Å². The number of piperidine rings is 1. The van der Waals surface area contributed by atoms with Crippen molar-refractivity contribution in [1.29, 1.82) is 0 Å². The minimum absolute atomic E-state index is 0.124. The first-order chi connectivity index (χ1) is 8.16. The first-order valence-corrected chi connectivity index (χ1v) is 5.70. The summed E-state index contributed by atoms with van der Waals surface area (Å²) < 4.78 is 1.48. The topological polar surface area (TPSA) is 81.3 Å². The third-order valence-corrected chi connectivity index (χ3v) is 3.44. The minimum Gasteiger partial charge on any atom is -0.358 e. The number of nitrogens with zero attached hydrogens (tertiary/aromatic N) is 4. The predicted octanol–water partition coefficient (Wildman–Crippen LogP) is 0.800. The van der Waals surface area contributed by atoms with Crippen LogP contribution in [0.5, 0.6) is 0 Å². The molecule has 1 aromatic rings. The molecule has 90 valence electrons. The van der Waals surface area contributed by atoms with Gasteiger partial charge in [-0.3, -0.25) is 4.79 Å². The number of nitro groups is 1. The van der Waals surface area contributed by atoms with Gasteiger partial charge in [-0.15, -0.1) is 0 Å². The smallest absolute Gasteiger partial charge is 0.358 e. The molecule has 0 unspecified atom stereocenters. The Labute approximate surface area is 97.2 Å². The van der Waals surface area contributed by atoms with Gasteiger partial charge in [0.25, 0.3) is 5.91 Å². The van der Waals surface area contributed by atoms with Crippen LogP contribution in [0.25, 0.3) is 0 Å². The molecule has 3 heterocycles. The van der Waals surface area contributed by atoms with Crippen molar-refractivity contribution in [3.63, 3.8) is 0 Å². The lowest BCUT2D eigenvalue weighted by Gasteiger charge is -2.37. The van der Waals surface area contributed by atoms with Crippen molar-refractivity contribution >= 4 is 11.7 Å². The van der Waals surface area contributed by atoms with E-state index in [0.29, 0.717) is 12.2 Å². The number of amides is 1. The zero-order chi connectivity index (χ0) is 12.0. The van der Waals surface area contributed by atoms with Crippen LogP contribution in [-0.2, 0) is 6.54 Å². The van der Waals surface area contributed by atoms with Crippen LogP contribution in [0.2, 0.25) is 0 Å². The molecule has 17 heavy (non-hydrogen) atoms. The first kappa shape index (κ1) is 10.2. The van der Waals surface area contributed by atoms with Crippen LogP contribution in [-0.4, -0.2) is 38.1 Å². The van der Waals surface area contributed by atoms with Crippen molar-refractivity contribution in [2.24, 2.45) is 0 Å². The highest BCUT2D eigenvalue weighted by Gasteiger charge is 2.38. The lowest BCUT2D eigenvalue weighted by Crippen LogP contribution is -2.50. The van der Waals surface area contributed by atoms with Gasteiger partial charge in [0, 0.05) is 6.54 Å². The Morgan fingerprint density at radius 1 is 1.47 bits per heavy atom. The quantitative estimate of drug-likeness (QED) is 0.533. The first-order valence-electron chi connectivity index (χ1n) is 5.70. The van der Waals surface area contributed by atoms with Gasteiger partial charge in [-0.1, -0.05) is 0 Å². The van der Waals surface area contributed by atoms with E-state index in [1.165, 1.54) is 10.7 Å². The van der Waals surface area contributed by atoms with Crippen molar-refractivity contribution in [2.75, 3.05) is 6.54 Å². The molecule has 7 nitrogen and oxygen atoms in total. The maximum absolute atomic E-state index is 12.1. The van der Waals surface area contributed by atoms with E-state index in [4.69, 9.17) is 0 Å². The Morgan fingerprint density at radius 3 is 3.06 bits per heavy atom. The van der Waals surface area contributed by atoms with E-state index in [9.17, 15) is 14.9 Å². The van der Waals surface area contributed by atoms with Crippen LogP contribution in [0.1, 0.15) is 29.8 Å². The van der Waals surface area contributed by atoms with E-state index in [2.05, 4.69) is 5.10 Å². The molecule has 3 rings (SSSR count). The average Bonchev–Trinajstić information content (AvgIpc) is 2.74. The molecular weight excluding hydrogens is 224 g/mol. The fourth-order valence-corrected chi connectivity index (χ4v) is 2.61. The number of rotatable bonds is 1. The Kier molecular flexibility index (Phi) is 2.13. The van der Waals surface area contributed by atoms with Gasteiger partial charge in [0.15, 0.2) is 5.69 Å². The maximum Gasteiger partial charge on any atom is 0.390 e. The molecule has 7 heteroatoms. The molecule has 0 N–H and O–H groups in total. The molecule has 0 spiro atoms. The van der Waals surface area contributed by atoms with Gasteiger partial charge in [-0.05, 0) is 24.2 Å². The number of hydrogen-bond donors (Lipinski definition) is 0. The fraction of sp³-hybridized carbons (Fsp3) is 0.600. The van der Waals surface area contributed by atoms with Gasteiger partial charge in [0.1, 0.15) is 0 Å². The molecule has 1 atom stereocenters. The van der Waals surface area contributed by atoms with E-state index < -0.39 is 4.92 Å². The molecule has 1 aromatic heterocycles. The van der Waals surface area contributed by atoms with Crippen LogP contribution in [0.15, 0.2) is 6.07 Å². The summed E-state index contributed by atoms with van der Waals surface area (Å²) in [6.45, 7) is 1.33. The summed E-state index contributed by atoms with van der Waals surface area (Å²) in [5, 5.41) is 14.5. The lowest BCUT2D eigenvalue weighted by molar-refractivity contribution is -0.389. The van der Waals surface area contributed by atoms with E-state index in [1.54, 1.807) is 0 Å². The van der Waals surface area contributed by atoms with Crippen LogP contribution < -0.4 is 0 Å². The molecule has 0 aromatic carbocycles. The zero-order valence-corrected chi connectivity index (χ0v) is 9.20. The van der Waals surface area contributed by atoms with Crippen molar-refractivity contribution < 1.29 is 9.72 Å². The summed E-state index contributed by atoms with van der Waals surface area (Å²) in [6.07, 6.45) is 3.07. The molecule has 1 fully saturated rings. The van der Waals surface area contributed by atoms with Gasteiger partial charge in [-0.25, -0.2) is 0 Å². The second-order valence-electron chi connectivity index (χ2n) is 4.48. The minimum atomic E-state index is -0.558. The molecule has 2 aliphatic heterocycles. The molecule has 1 saturated heterocycles. The van der Waals surface area contributed by atoms with Gasteiger partial charge in [0.05, 0.1) is 23.8 Å². The summed E-state index contributed by atoms with van der Waals surface area (Å²) in [6, 6.07) is 1.43. The standard InChI is InChI=1S/C10H12N4O3/c15-10-8-5-9(14(16)17)11-13(8)6-7-3-1-2-4-12(7)10/h5,7H,1-4,6H2/t7-/m0/s1. The summed E-state index contributed by atoms with van der Waals surface area (Å²) in [4.78, 5) is 24.0. The SMILES string of the molecule is O=C1c2cc([N+](=O)[O-])nn2C[C@@H]2CCCCN12. The van der Waals surface area contributed by atoms with Crippen LogP contribution in [0.3, 0.4) is 0 Å². The molecular formula is C10H12N4O3. The maximum atomic E-state index is 12.1. The van der Waals surface area contributed by atoms with Gasteiger partial charge < -0.3 is 15.0 Å². The number of aromatic nitrogens is 2. The van der Waals surface area contributed by atoms with E-state index in [0.717, 1.165) is 25.8 Å². The Bertz CT molecular complexity index is 496. The predicted molar refractivity (Wildman–Crippen MR) is 57.6 cm³/mol. The second kappa shape index (κ2) is 3.54. The van der Waals surface area contributed by atoms with E-state index >= 15 is 0 Å². The number of hydrogen-bond acceptors (Lipinski definition) is 4. The molecule has 0 saturated carbocycles. The van der Waals surface area contributed by atoms with Crippen molar-refractivity contribution in [3.05, 3.63) is 21.9 Å². The normalized spacial score (nSPS) is 23.2. The largest absolute Gasteiger partial charge is 0.390 e. The van der Waals surface area contributed by atoms with Gasteiger partial charge in [0.2, 0.25) is 0 Å². The molecule has 2 aliphatic rings. The third kappa shape index (κ3) is 1.49. The summed E-state index contributed by atoms with van der Waals surface area (Å²) in [5.74, 6) is -0.366. The number of fused-ring (bicyclic) bond motifs is 2. The lowest BCUT2D eigenvalue weighted by atomic mass is 10.00. The number of carbonyl (C=O) groups is 1. The van der Waals surface area contributed by atoms with Gasteiger partial charge >= 0.3 is 5.82 Å². The Hall–Kier alpha value is -1.92. The second-order valence-corrected chi connectivity index (χ2v) is 4.48. The molecule has 1 amide bonds. The van der Waals surface area contributed by atoms with Crippen LogP contribution in [0.4, 0.5) is 5.82 Å². The fourth-order valence-electron chi connectivity index (χ4n) is 2.61. The molecule has 0 bridgehead atoms. The Morgan fingerprint density at radius 2 is 2.29 bits per heavy atom. The van der Waals surface area contributed by atoms with Crippen molar-refractivity contribution in [1.82, 2.24) is 14.7 Å². The summed E-state index contributed by atoms with van der Waals surface area (Å²) in [7, 11) is 0. The average molecular weight is 236 g/mol. The van der Waals surface area contributed by atoms with Crippen LogP contribution >= 0.6 is 0 Å². The van der Waals surface area contributed by atoms with Crippen LogP contribution in [0, 0.1) is 10.1 Å². The van der Waals surface area contributed by atoms with E-state index in [1.807, 2.05) is 4.90 Å².